The number of aromatic carboxylic acids is 1. The fourth-order valence-corrected chi connectivity index (χ4v) is 7.25. The van der Waals surface area contributed by atoms with Crippen LogP contribution in [0.2, 0.25) is 10.2 Å². The number of aromatic nitrogens is 1. The topological polar surface area (TPSA) is 45.5 Å². The third-order valence-electron chi connectivity index (χ3n) is 7.63. The number of benzene rings is 3. The second-order valence-corrected chi connectivity index (χ2v) is 11.4. The summed E-state index contributed by atoms with van der Waals surface area (Å²) in [6.45, 7) is 1.93. The molecule has 0 saturated heterocycles. The summed E-state index contributed by atoms with van der Waals surface area (Å²) in [5.74, 6) is -2.81. The Morgan fingerprint density at radius 1 is 1.00 bits per heavy atom. The Bertz CT molecular complexity index is 1570. The van der Waals surface area contributed by atoms with Crippen LogP contribution in [0.1, 0.15) is 35.2 Å². The maximum atomic E-state index is 15.4. The van der Waals surface area contributed by atoms with Crippen LogP contribution < -0.4 is 4.90 Å². The van der Waals surface area contributed by atoms with Gasteiger partial charge in [-0.15, -0.1) is 0 Å². The summed E-state index contributed by atoms with van der Waals surface area (Å²) in [5, 5.41) is 10.0. The summed E-state index contributed by atoms with van der Waals surface area (Å²) >= 11 is 14.0. The zero-order chi connectivity index (χ0) is 25.9. The number of carboxylic acids is 1. The molecule has 1 saturated carbocycles. The predicted molar refractivity (Wildman–Crippen MR) is 151 cm³/mol. The van der Waals surface area contributed by atoms with Crippen LogP contribution in [-0.4, -0.2) is 58.3 Å². The Morgan fingerprint density at radius 3 is 2.47 bits per heavy atom. The van der Waals surface area contributed by atoms with Gasteiger partial charge in [0.2, 0.25) is 0 Å². The summed E-state index contributed by atoms with van der Waals surface area (Å²) in [4.78, 5) is 14.3. The molecule has 1 spiro atoms. The van der Waals surface area contributed by atoms with Gasteiger partial charge in [-0.1, -0.05) is 65.7 Å². The van der Waals surface area contributed by atoms with E-state index in [-0.39, 0.29) is 55.6 Å². The van der Waals surface area contributed by atoms with E-state index in [1.54, 1.807) is 10.6 Å². The number of rotatable bonds is 6. The zero-order valence-electron chi connectivity index (χ0n) is 19.6. The van der Waals surface area contributed by atoms with E-state index in [9.17, 15) is 14.3 Å². The molecule has 3 aromatic carbocycles. The van der Waals surface area contributed by atoms with Gasteiger partial charge in [0.15, 0.2) is 11.6 Å². The first kappa shape index (κ1) is 27.8. The molecule has 2 heterocycles. The fourth-order valence-electron chi connectivity index (χ4n) is 5.68. The van der Waals surface area contributed by atoms with E-state index >= 15 is 4.39 Å². The number of anilines is 1. The van der Waals surface area contributed by atoms with Crippen molar-refractivity contribution in [3.05, 3.63) is 87.5 Å². The van der Waals surface area contributed by atoms with Gasteiger partial charge >= 0.3 is 35.5 Å². The van der Waals surface area contributed by atoms with Gasteiger partial charge < -0.3 is 14.6 Å². The summed E-state index contributed by atoms with van der Waals surface area (Å²) < 4.78 is 32.0. The third kappa shape index (κ3) is 4.45. The van der Waals surface area contributed by atoms with Crippen LogP contribution in [0.5, 0.6) is 0 Å². The van der Waals surface area contributed by atoms with Gasteiger partial charge in [-0.3, -0.25) is 0 Å². The predicted octanol–water partition coefficient (Wildman–Crippen LogP) is 7.37. The Morgan fingerprint density at radius 2 is 1.76 bits per heavy atom. The minimum absolute atomic E-state index is 0. The zero-order valence-corrected chi connectivity index (χ0v) is 21.9. The molecule has 0 bridgehead atoms. The van der Waals surface area contributed by atoms with Crippen molar-refractivity contribution in [2.75, 3.05) is 18.0 Å². The number of hydrogen-bond donors (Lipinski definition) is 1. The quantitative estimate of drug-likeness (QED) is 0.241. The van der Waals surface area contributed by atoms with Crippen molar-refractivity contribution in [1.82, 2.24) is 4.57 Å². The minimum atomic E-state index is -1.36. The third-order valence-corrected chi connectivity index (χ3v) is 9.58. The second kappa shape index (κ2) is 10.7. The van der Waals surface area contributed by atoms with E-state index in [0.29, 0.717) is 23.4 Å². The van der Waals surface area contributed by atoms with E-state index < -0.39 is 23.2 Å². The standard InChI is InChI=1S/C28H22Cl2F2N2O2S.Na.H/c29-19-10-9-17-24(23(19)32)34(26(30)25(17)37-21-8-3-5-16(22(21)31)27(35)36)14-13-33-15-28(11-4-12-28)18-6-1-2-7-20(18)33;;/h1-3,5-10H,4,11-15H2,(H,35,36);;. The van der Waals surface area contributed by atoms with Gasteiger partial charge in [-0.05, 0) is 48.7 Å². The van der Waals surface area contributed by atoms with Crippen LogP contribution in [0.15, 0.2) is 64.4 Å². The molecular formula is C28H23Cl2F2N2NaO2S. The molecule has 1 aliphatic heterocycles. The van der Waals surface area contributed by atoms with E-state index in [2.05, 4.69) is 23.1 Å². The first-order valence-corrected chi connectivity index (χ1v) is 13.6. The molecule has 1 fully saturated rings. The van der Waals surface area contributed by atoms with Crippen LogP contribution in [0.3, 0.4) is 0 Å². The van der Waals surface area contributed by atoms with Crippen molar-refractivity contribution in [3.8, 4) is 0 Å². The molecule has 1 aromatic heterocycles. The number of carboxylic acid groups (broad SMARTS) is 1. The number of hydrogen-bond acceptors (Lipinski definition) is 3. The summed E-state index contributed by atoms with van der Waals surface area (Å²) in [7, 11) is 0. The van der Waals surface area contributed by atoms with Crippen LogP contribution >= 0.6 is 35.0 Å². The van der Waals surface area contributed by atoms with Gasteiger partial charge in [-0.2, -0.15) is 0 Å². The Balaban J connectivity index is 0.00000294. The number of para-hydroxylation sites is 1. The molecule has 0 atom stereocenters. The summed E-state index contributed by atoms with van der Waals surface area (Å²) in [6.07, 6.45) is 3.56. The Labute approximate surface area is 255 Å². The van der Waals surface area contributed by atoms with E-state index in [0.717, 1.165) is 18.3 Å². The maximum absolute atomic E-state index is 15.4. The van der Waals surface area contributed by atoms with E-state index in [1.807, 2.05) is 6.07 Å². The molecule has 0 amide bonds. The molecule has 192 valence electrons. The van der Waals surface area contributed by atoms with Crippen molar-refractivity contribution < 1.29 is 18.7 Å². The average Bonchev–Trinajstić information content (AvgIpc) is 3.34. The summed E-state index contributed by atoms with van der Waals surface area (Å²) in [5.41, 5.74) is 2.60. The Hall–Kier alpha value is -1.74. The molecular weight excluding hydrogens is 560 g/mol. The van der Waals surface area contributed by atoms with Crippen LogP contribution in [0, 0.1) is 11.6 Å². The Kier molecular flexibility index (Phi) is 7.81. The average molecular weight is 583 g/mol. The van der Waals surface area contributed by atoms with Gasteiger partial charge in [-0.25, -0.2) is 13.6 Å². The SMILES string of the molecule is O=C(O)c1cccc(Sc2c(Cl)n(CCN3CC4(CCC4)c4ccccc43)c3c(F)c(Cl)ccc23)c1F.[NaH]. The molecule has 1 N–H and O–H groups in total. The van der Waals surface area contributed by atoms with Crippen LogP contribution in [0.4, 0.5) is 14.5 Å². The molecule has 1 aliphatic carbocycles. The molecule has 2 aliphatic rings. The molecule has 38 heavy (non-hydrogen) atoms. The van der Waals surface area contributed by atoms with Gasteiger partial charge in [0.05, 0.1) is 21.0 Å². The second-order valence-electron chi connectivity index (χ2n) is 9.63. The van der Waals surface area contributed by atoms with Gasteiger partial charge in [0.25, 0.3) is 0 Å². The molecule has 0 unspecified atom stereocenters. The fraction of sp³-hybridized carbons (Fsp3) is 0.250. The van der Waals surface area contributed by atoms with Crippen molar-refractivity contribution in [1.29, 1.82) is 0 Å². The summed E-state index contributed by atoms with van der Waals surface area (Å²) in [6, 6.07) is 15.7. The number of halogens is 4. The van der Waals surface area contributed by atoms with Crippen molar-refractivity contribution in [3.63, 3.8) is 0 Å². The molecule has 4 aromatic rings. The first-order chi connectivity index (χ1) is 17.8. The van der Waals surface area contributed by atoms with Crippen molar-refractivity contribution in [2.24, 2.45) is 0 Å². The van der Waals surface area contributed by atoms with Gasteiger partial charge in [0.1, 0.15) is 5.15 Å². The first-order valence-electron chi connectivity index (χ1n) is 12.0. The normalized spacial score (nSPS) is 15.4. The van der Waals surface area contributed by atoms with Crippen LogP contribution in [-0.2, 0) is 12.0 Å². The molecule has 6 rings (SSSR count). The van der Waals surface area contributed by atoms with E-state index in [1.165, 1.54) is 54.8 Å². The molecule has 10 heteroatoms. The van der Waals surface area contributed by atoms with Crippen LogP contribution in [0.25, 0.3) is 10.9 Å². The number of nitrogens with zero attached hydrogens (tertiary/aromatic N) is 2. The van der Waals surface area contributed by atoms with Gasteiger partial charge in [0, 0.05) is 41.0 Å². The number of fused-ring (bicyclic) bond motifs is 3. The van der Waals surface area contributed by atoms with Crippen molar-refractivity contribution >= 4 is 87.1 Å². The molecule has 0 radical (unpaired) electrons. The monoisotopic (exact) mass is 582 g/mol. The molecule has 4 nitrogen and oxygen atoms in total. The number of carbonyl (C=O) groups is 1. The van der Waals surface area contributed by atoms with Crippen molar-refractivity contribution in [2.45, 2.75) is 41.0 Å². The van der Waals surface area contributed by atoms with E-state index in [4.69, 9.17) is 23.2 Å².